The van der Waals surface area contributed by atoms with Gasteiger partial charge in [0, 0.05) is 10.0 Å². The number of halogens is 3. The molecule has 3 aromatic rings. The first-order valence-corrected chi connectivity index (χ1v) is 8.37. The molecule has 0 amide bonds. The zero-order chi connectivity index (χ0) is 16.9. The van der Waals surface area contributed by atoms with Crippen molar-refractivity contribution in [1.82, 2.24) is 5.32 Å². The van der Waals surface area contributed by atoms with Crippen LogP contribution in [0.1, 0.15) is 11.3 Å². The van der Waals surface area contributed by atoms with Crippen LogP contribution in [0.4, 0.5) is 4.39 Å². The van der Waals surface area contributed by atoms with Crippen LogP contribution in [0.5, 0.6) is 0 Å². The number of hydrogen-bond acceptors (Lipinski definition) is 2. The van der Waals surface area contributed by atoms with E-state index in [1.165, 1.54) is 6.07 Å². The van der Waals surface area contributed by atoms with Crippen LogP contribution in [0, 0.1) is 5.82 Å². The minimum Gasteiger partial charge on any atom is -0.460 e. The lowest BCUT2D eigenvalue weighted by atomic mass is 10.1. The van der Waals surface area contributed by atoms with Crippen molar-refractivity contribution in [2.45, 2.75) is 13.0 Å². The van der Waals surface area contributed by atoms with Crippen LogP contribution in [-0.4, -0.2) is 6.54 Å². The largest absolute Gasteiger partial charge is 0.460 e. The van der Waals surface area contributed by atoms with Crippen molar-refractivity contribution in [1.29, 1.82) is 0 Å². The maximum atomic E-state index is 13.7. The molecule has 0 radical (unpaired) electrons. The van der Waals surface area contributed by atoms with Gasteiger partial charge >= 0.3 is 0 Å². The Morgan fingerprint density at radius 1 is 1.00 bits per heavy atom. The smallest absolute Gasteiger partial charge is 0.137 e. The molecule has 1 heterocycles. The summed E-state index contributed by atoms with van der Waals surface area (Å²) in [6.45, 7) is 1.32. The van der Waals surface area contributed by atoms with Crippen LogP contribution >= 0.6 is 23.2 Å². The number of rotatable bonds is 6. The van der Waals surface area contributed by atoms with Crippen molar-refractivity contribution in [2.75, 3.05) is 6.54 Å². The standard InChI is InChI=1S/C19H16Cl2FNO/c20-14-6-5-13(17(21)11-14)9-10-23-12-15-7-8-19(24-15)16-3-1-2-4-18(16)22/h1-8,11,23H,9-10,12H2. The molecule has 1 N–H and O–H groups in total. The van der Waals surface area contributed by atoms with Gasteiger partial charge in [-0.05, 0) is 54.9 Å². The molecule has 0 saturated heterocycles. The van der Waals surface area contributed by atoms with Crippen LogP contribution in [0.15, 0.2) is 59.0 Å². The highest BCUT2D eigenvalue weighted by molar-refractivity contribution is 6.35. The van der Waals surface area contributed by atoms with E-state index in [9.17, 15) is 4.39 Å². The summed E-state index contributed by atoms with van der Waals surface area (Å²) in [6, 6.07) is 15.7. The third-order valence-electron chi connectivity index (χ3n) is 3.69. The monoisotopic (exact) mass is 363 g/mol. The quantitative estimate of drug-likeness (QED) is 0.566. The highest BCUT2D eigenvalue weighted by atomic mass is 35.5. The Morgan fingerprint density at radius 2 is 1.83 bits per heavy atom. The molecule has 0 aliphatic heterocycles. The van der Waals surface area contributed by atoms with Crippen LogP contribution in [0.3, 0.4) is 0 Å². The summed E-state index contributed by atoms with van der Waals surface area (Å²) in [7, 11) is 0. The van der Waals surface area contributed by atoms with Gasteiger partial charge in [0.05, 0.1) is 12.1 Å². The molecule has 0 saturated carbocycles. The molecule has 1 aromatic heterocycles. The van der Waals surface area contributed by atoms with Gasteiger partial charge in [-0.25, -0.2) is 4.39 Å². The first kappa shape index (κ1) is 17.0. The zero-order valence-electron chi connectivity index (χ0n) is 12.9. The summed E-state index contributed by atoms with van der Waals surface area (Å²) in [5.74, 6) is 1.00. The third-order valence-corrected chi connectivity index (χ3v) is 4.27. The average Bonchev–Trinajstić information content (AvgIpc) is 3.02. The van der Waals surface area contributed by atoms with Crippen LogP contribution < -0.4 is 5.32 Å². The van der Waals surface area contributed by atoms with E-state index in [-0.39, 0.29) is 5.82 Å². The van der Waals surface area contributed by atoms with Crippen molar-refractivity contribution in [3.63, 3.8) is 0 Å². The van der Waals surface area contributed by atoms with Crippen LogP contribution in [-0.2, 0) is 13.0 Å². The molecule has 0 bridgehead atoms. The van der Waals surface area contributed by atoms with E-state index in [0.717, 1.165) is 24.3 Å². The lowest BCUT2D eigenvalue weighted by Gasteiger charge is -2.06. The second-order valence-corrected chi connectivity index (χ2v) is 6.25. The van der Waals surface area contributed by atoms with Gasteiger partial charge in [-0.2, -0.15) is 0 Å². The van der Waals surface area contributed by atoms with Crippen molar-refractivity contribution in [3.05, 3.63) is 81.8 Å². The maximum Gasteiger partial charge on any atom is 0.137 e. The van der Waals surface area contributed by atoms with E-state index in [2.05, 4.69) is 5.32 Å². The Labute approximate surface area is 150 Å². The molecule has 0 unspecified atom stereocenters. The van der Waals surface area contributed by atoms with Gasteiger partial charge in [0.25, 0.3) is 0 Å². The summed E-state index contributed by atoms with van der Waals surface area (Å²) in [5.41, 5.74) is 1.51. The molecule has 3 rings (SSSR count). The normalized spacial score (nSPS) is 11.0. The number of benzene rings is 2. The Morgan fingerprint density at radius 3 is 2.62 bits per heavy atom. The molecule has 0 atom stereocenters. The fourth-order valence-electron chi connectivity index (χ4n) is 2.44. The molecule has 5 heteroatoms. The summed E-state index contributed by atoms with van der Waals surface area (Å²) >= 11 is 12.0. The van der Waals surface area contributed by atoms with E-state index >= 15 is 0 Å². The highest BCUT2D eigenvalue weighted by Gasteiger charge is 2.09. The second-order valence-electron chi connectivity index (χ2n) is 5.41. The van der Waals surface area contributed by atoms with E-state index in [1.54, 1.807) is 30.3 Å². The Hall–Kier alpha value is -1.81. The molecule has 124 valence electrons. The van der Waals surface area contributed by atoms with Gasteiger partial charge < -0.3 is 9.73 Å². The molecule has 24 heavy (non-hydrogen) atoms. The van der Waals surface area contributed by atoms with E-state index in [0.29, 0.717) is 27.9 Å². The second kappa shape index (κ2) is 7.84. The Balaban J connectivity index is 1.54. The van der Waals surface area contributed by atoms with Crippen molar-refractivity contribution < 1.29 is 8.81 Å². The van der Waals surface area contributed by atoms with Gasteiger partial charge in [0.15, 0.2) is 0 Å². The first-order valence-electron chi connectivity index (χ1n) is 7.62. The predicted octanol–water partition coefficient (Wildman–Crippen LogP) is 5.72. The molecule has 2 nitrogen and oxygen atoms in total. The van der Waals surface area contributed by atoms with Crippen LogP contribution in [0.2, 0.25) is 10.0 Å². The molecule has 0 aliphatic carbocycles. The minimum absolute atomic E-state index is 0.288. The van der Waals surface area contributed by atoms with Crippen molar-refractivity contribution >= 4 is 23.2 Å². The number of furan rings is 1. The lowest BCUT2D eigenvalue weighted by molar-refractivity contribution is 0.491. The summed E-state index contributed by atoms with van der Waals surface area (Å²) in [5, 5.41) is 4.60. The molecule has 2 aromatic carbocycles. The molecular formula is C19H16Cl2FNO. The van der Waals surface area contributed by atoms with E-state index in [1.807, 2.05) is 18.2 Å². The number of nitrogens with one attached hydrogen (secondary N) is 1. The third kappa shape index (κ3) is 4.18. The summed E-state index contributed by atoms with van der Waals surface area (Å²) < 4.78 is 19.4. The van der Waals surface area contributed by atoms with Gasteiger partial charge in [0.2, 0.25) is 0 Å². The van der Waals surface area contributed by atoms with E-state index in [4.69, 9.17) is 27.6 Å². The van der Waals surface area contributed by atoms with Crippen LogP contribution in [0.25, 0.3) is 11.3 Å². The van der Waals surface area contributed by atoms with Gasteiger partial charge in [-0.3, -0.25) is 0 Å². The van der Waals surface area contributed by atoms with Crippen molar-refractivity contribution in [3.8, 4) is 11.3 Å². The van der Waals surface area contributed by atoms with Gasteiger partial charge in [-0.15, -0.1) is 0 Å². The van der Waals surface area contributed by atoms with Gasteiger partial charge in [-0.1, -0.05) is 41.4 Å². The van der Waals surface area contributed by atoms with E-state index < -0.39 is 0 Å². The number of hydrogen-bond donors (Lipinski definition) is 1. The van der Waals surface area contributed by atoms with Crippen molar-refractivity contribution in [2.24, 2.45) is 0 Å². The molecule has 0 aliphatic rings. The first-order chi connectivity index (χ1) is 11.6. The predicted molar refractivity (Wildman–Crippen MR) is 96.0 cm³/mol. The summed E-state index contributed by atoms with van der Waals surface area (Å²) in [6.07, 6.45) is 0.789. The molecule has 0 spiro atoms. The molecule has 0 fully saturated rings. The maximum absolute atomic E-state index is 13.7. The lowest BCUT2D eigenvalue weighted by Crippen LogP contribution is -2.16. The SMILES string of the molecule is Fc1ccccc1-c1ccc(CNCCc2ccc(Cl)cc2Cl)o1. The summed E-state index contributed by atoms with van der Waals surface area (Å²) in [4.78, 5) is 0. The van der Waals surface area contributed by atoms with Gasteiger partial charge in [0.1, 0.15) is 17.3 Å². The highest BCUT2D eigenvalue weighted by Crippen LogP contribution is 2.25. The fraction of sp³-hybridized carbons (Fsp3) is 0.158. The minimum atomic E-state index is -0.288. The Kier molecular flexibility index (Phi) is 5.56. The average molecular weight is 364 g/mol. The topological polar surface area (TPSA) is 25.2 Å². The Bertz CT molecular complexity index is 832. The fourth-order valence-corrected chi connectivity index (χ4v) is 2.94. The zero-order valence-corrected chi connectivity index (χ0v) is 14.4. The molecular weight excluding hydrogens is 348 g/mol.